The van der Waals surface area contributed by atoms with Crippen LogP contribution in [0, 0.1) is 5.92 Å². The van der Waals surface area contributed by atoms with Crippen molar-refractivity contribution in [2.24, 2.45) is 18.7 Å². The van der Waals surface area contributed by atoms with Crippen LogP contribution >= 0.6 is 15.9 Å². The van der Waals surface area contributed by atoms with E-state index in [9.17, 15) is 13.2 Å². The summed E-state index contributed by atoms with van der Waals surface area (Å²) >= 11 is 3.07. The molecule has 2 N–H and O–H groups in total. The van der Waals surface area contributed by atoms with Crippen molar-refractivity contribution >= 4 is 31.9 Å². The lowest BCUT2D eigenvalue weighted by Crippen LogP contribution is -2.44. The maximum Gasteiger partial charge on any atom is 0.263 e. The van der Waals surface area contributed by atoms with E-state index in [-0.39, 0.29) is 16.2 Å². The predicted octanol–water partition coefficient (Wildman–Crippen LogP) is -0.536. The van der Waals surface area contributed by atoms with Gasteiger partial charge in [0.05, 0.1) is 5.92 Å². The molecule has 1 unspecified atom stereocenters. The third kappa shape index (κ3) is 2.65. The first kappa shape index (κ1) is 14.4. The van der Waals surface area contributed by atoms with Gasteiger partial charge in [-0.1, -0.05) is 5.21 Å². The van der Waals surface area contributed by atoms with Crippen LogP contribution in [-0.4, -0.2) is 46.7 Å². The van der Waals surface area contributed by atoms with E-state index in [1.54, 1.807) is 0 Å². The number of primary amides is 1. The lowest BCUT2D eigenvalue weighted by molar-refractivity contribution is -0.122. The quantitative estimate of drug-likeness (QED) is 0.786. The van der Waals surface area contributed by atoms with Crippen LogP contribution in [0.1, 0.15) is 12.8 Å². The van der Waals surface area contributed by atoms with Gasteiger partial charge in [0.1, 0.15) is 0 Å². The summed E-state index contributed by atoms with van der Waals surface area (Å²) in [5.41, 5.74) is 5.25. The Morgan fingerprint density at radius 2 is 2.21 bits per heavy atom. The molecule has 1 aliphatic heterocycles. The summed E-state index contributed by atoms with van der Waals surface area (Å²) in [7, 11) is -2.23. The molecule has 0 aliphatic carbocycles. The summed E-state index contributed by atoms with van der Waals surface area (Å²) in [5, 5.41) is 7.30. The molecule has 0 radical (unpaired) electrons. The number of hydrogen-bond acceptors (Lipinski definition) is 5. The summed E-state index contributed by atoms with van der Waals surface area (Å²) < 4.78 is 27.6. The Morgan fingerprint density at radius 3 is 2.74 bits per heavy atom. The van der Waals surface area contributed by atoms with Gasteiger partial charge in [0.25, 0.3) is 10.0 Å². The van der Waals surface area contributed by atoms with E-state index >= 15 is 0 Å². The fraction of sp³-hybridized carbons (Fsp3) is 0.667. The number of hydrogen-bond donors (Lipinski definition) is 1. The summed E-state index contributed by atoms with van der Waals surface area (Å²) in [6, 6.07) is 0. The summed E-state index contributed by atoms with van der Waals surface area (Å²) in [6.45, 7) is 0.471. The van der Waals surface area contributed by atoms with Gasteiger partial charge in [-0.25, -0.2) is 13.1 Å². The number of carbonyl (C=O) groups is 1. The molecule has 1 aromatic heterocycles. The van der Waals surface area contributed by atoms with Gasteiger partial charge < -0.3 is 5.73 Å². The van der Waals surface area contributed by atoms with Crippen LogP contribution in [0.3, 0.4) is 0 Å². The Morgan fingerprint density at radius 1 is 1.53 bits per heavy atom. The Hall–Kier alpha value is -1.00. The largest absolute Gasteiger partial charge is 0.369 e. The molecule has 1 fully saturated rings. The van der Waals surface area contributed by atoms with Crippen molar-refractivity contribution in [1.82, 2.24) is 19.3 Å². The first-order valence-corrected chi connectivity index (χ1v) is 7.92. The molecule has 0 saturated carbocycles. The number of amides is 1. The predicted molar refractivity (Wildman–Crippen MR) is 69.4 cm³/mol. The normalized spacial score (nSPS) is 21.5. The molecule has 0 aromatic carbocycles. The van der Waals surface area contributed by atoms with E-state index in [2.05, 4.69) is 26.2 Å². The number of nitrogens with zero attached hydrogens (tertiary/aromatic N) is 4. The Balaban J connectivity index is 2.32. The van der Waals surface area contributed by atoms with Crippen molar-refractivity contribution in [3.63, 3.8) is 0 Å². The highest BCUT2D eigenvalue weighted by Gasteiger charge is 2.35. The number of aryl methyl sites for hydroxylation is 1. The van der Waals surface area contributed by atoms with E-state index in [4.69, 9.17) is 5.73 Å². The van der Waals surface area contributed by atoms with Crippen LogP contribution in [0.4, 0.5) is 0 Å². The van der Waals surface area contributed by atoms with Crippen LogP contribution in [-0.2, 0) is 21.9 Å². The zero-order valence-corrected chi connectivity index (χ0v) is 12.7. The second-order valence-electron chi connectivity index (χ2n) is 4.41. The van der Waals surface area contributed by atoms with Crippen LogP contribution in [0.25, 0.3) is 0 Å². The zero-order chi connectivity index (χ0) is 14.2. The number of piperidine rings is 1. The second kappa shape index (κ2) is 5.17. The van der Waals surface area contributed by atoms with Crippen LogP contribution in [0.5, 0.6) is 0 Å². The van der Waals surface area contributed by atoms with E-state index < -0.39 is 21.8 Å². The maximum atomic E-state index is 12.5. The molecule has 2 heterocycles. The van der Waals surface area contributed by atoms with Gasteiger partial charge in [0.15, 0.2) is 4.60 Å². The lowest BCUT2D eigenvalue weighted by atomic mass is 9.99. The standard InChI is InChI=1S/C9H14BrN5O3S/c1-14-9(7(10)12-13-14)19(17,18)15-4-2-3-6(5-15)8(11)16/h6H,2-5H2,1H3,(H2,11,16). The molecule has 0 spiro atoms. The van der Waals surface area contributed by atoms with E-state index in [0.29, 0.717) is 19.4 Å². The third-order valence-corrected chi connectivity index (χ3v) is 5.86. The van der Waals surface area contributed by atoms with Gasteiger partial charge in [0, 0.05) is 20.1 Å². The first-order chi connectivity index (χ1) is 8.84. The number of sulfonamides is 1. The molecule has 8 nitrogen and oxygen atoms in total. The van der Waals surface area contributed by atoms with Crippen molar-refractivity contribution in [2.75, 3.05) is 13.1 Å². The number of rotatable bonds is 3. The first-order valence-electron chi connectivity index (χ1n) is 5.68. The monoisotopic (exact) mass is 351 g/mol. The minimum absolute atomic E-state index is 0.0161. The fourth-order valence-electron chi connectivity index (χ4n) is 2.11. The van der Waals surface area contributed by atoms with Crippen molar-refractivity contribution in [2.45, 2.75) is 17.9 Å². The number of halogens is 1. The van der Waals surface area contributed by atoms with Crippen LogP contribution in [0.2, 0.25) is 0 Å². The number of nitrogens with two attached hydrogens (primary N) is 1. The van der Waals surface area contributed by atoms with Gasteiger partial charge in [-0.15, -0.1) is 5.10 Å². The molecule has 0 bridgehead atoms. The molecule has 1 amide bonds. The van der Waals surface area contributed by atoms with E-state index in [1.165, 1.54) is 16.0 Å². The molecule has 1 aliphatic rings. The van der Waals surface area contributed by atoms with Gasteiger partial charge in [-0.05, 0) is 28.8 Å². The van der Waals surface area contributed by atoms with E-state index in [0.717, 1.165) is 0 Å². The highest BCUT2D eigenvalue weighted by Crippen LogP contribution is 2.26. The highest BCUT2D eigenvalue weighted by molar-refractivity contribution is 9.10. The Kier molecular flexibility index (Phi) is 3.92. The van der Waals surface area contributed by atoms with Gasteiger partial charge >= 0.3 is 0 Å². The minimum Gasteiger partial charge on any atom is -0.369 e. The minimum atomic E-state index is -3.73. The number of aromatic nitrogens is 3. The molecule has 1 aromatic rings. The molecule has 19 heavy (non-hydrogen) atoms. The number of carbonyl (C=O) groups excluding carboxylic acids is 1. The zero-order valence-electron chi connectivity index (χ0n) is 10.3. The van der Waals surface area contributed by atoms with Gasteiger partial charge in [0.2, 0.25) is 10.9 Å². The van der Waals surface area contributed by atoms with Crippen LogP contribution < -0.4 is 5.73 Å². The molecular weight excluding hydrogens is 338 g/mol. The van der Waals surface area contributed by atoms with Gasteiger partial charge in [-0.3, -0.25) is 4.79 Å². The van der Waals surface area contributed by atoms with Gasteiger partial charge in [-0.2, -0.15) is 4.31 Å². The van der Waals surface area contributed by atoms with Crippen molar-refractivity contribution in [1.29, 1.82) is 0 Å². The van der Waals surface area contributed by atoms with Crippen molar-refractivity contribution in [3.05, 3.63) is 4.60 Å². The molecule has 1 atom stereocenters. The summed E-state index contributed by atoms with van der Waals surface area (Å²) in [4.78, 5) is 11.2. The molecule has 10 heteroatoms. The average Bonchev–Trinajstić information content (AvgIpc) is 2.69. The van der Waals surface area contributed by atoms with Crippen LogP contribution in [0.15, 0.2) is 9.63 Å². The van der Waals surface area contributed by atoms with Crippen molar-refractivity contribution in [3.8, 4) is 0 Å². The highest BCUT2D eigenvalue weighted by atomic mass is 79.9. The molecule has 106 valence electrons. The topological polar surface area (TPSA) is 111 Å². The molecule has 1 saturated heterocycles. The summed E-state index contributed by atoms with van der Waals surface area (Å²) in [5.74, 6) is -0.911. The lowest BCUT2D eigenvalue weighted by Gasteiger charge is -2.30. The Bertz CT molecular complexity index is 579. The molecule has 2 rings (SSSR count). The third-order valence-electron chi connectivity index (χ3n) is 3.11. The smallest absolute Gasteiger partial charge is 0.263 e. The SMILES string of the molecule is Cn1nnc(Br)c1S(=O)(=O)N1CCCC(C(N)=O)C1. The maximum absolute atomic E-state index is 12.5. The van der Waals surface area contributed by atoms with Crippen molar-refractivity contribution < 1.29 is 13.2 Å². The Labute approximate surface area is 119 Å². The summed E-state index contributed by atoms with van der Waals surface area (Å²) in [6.07, 6.45) is 1.22. The second-order valence-corrected chi connectivity index (χ2v) is 7.02. The fourth-order valence-corrected chi connectivity index (χ4v) is 4.67. The average molecular weight is 352 g/mol. The molecular formula is C9H14BrN5O3S. The van der Waals surface area contributed by atoms with E-state index in [1.807, 2.05) is 0 Å².